The highest BCUT2D eigenvalue weighted by atomic mass is 35.5. The highest BCUT2D eigenvalue weighted by Gasteiger charge is 2.26. The molecule has 2 aromatic carbocycles. The number of carbonyl (C=O) groups excluding carboxylic acids is 1. The van der Waals surface area contributed by atoms with Crippen molar-refractivity contribution in [1.29, 1.82) is 0 Å². The second-order valence-corrected chi connectivity index (χ2v) is 7.66. The van der Waals surface area contributed by atoms with Gasteiger partial charge in [-0.25, -0.2) is 0 Å². The molecular weight excluding hydrogens is 404 g/mol. The average molecular weight is 425 g/mol. The number of benzene rings is 2. The second-order valence-electron chi connectivity index (χ2n) is 7.23. The second kappa shape index (κ2) is 8.63. The fourth-order valence-corrected chi connectivity index (χ4v) is 3.66. The van der Waals surface area contributed by atoms with Gasteiger partial charge < -0.3 is 19.4 Å². The Balaban J connectivity index is 1.37. The Kier molecular flexibility index (Phi) is 5.77. The molecule has 0 fully saturated rings. The van der Waals surface area contributed by atoms with Crippen LogP contribution in [0.1, 0.15) is 18.2 Å². The predicted octanol–water partition coefficient (Wildman–Crippen LogP) is 4.26. The molecule has 1 N–H and O–H groups in total. The summed E-state index contributed by atoms with van der Waals surface area (Å²) in [7, 11) is 0. The van der Waals surface area contributed by atoms with E-state index in [4.69, 9.17) is 20.8 Å². The van der Waals surface area contributed by atoms with Crippen LogP contribution in [0.5, 0.6) is 5.75 Å². The highest BCUT2D eigenvalue weighted by molar-refractivity contribution is 6.30. The molecule has 0 radical (unpaired) electrons. The number of para-hydroxylation sites is 1. The van der Waals surface area contributed by atoms with Crippen LogP contribution < -0.4 is 20.4 Å². The lowest BCUT2D eigenvalue weighted by Gasteiger charge is -2.24. The van der Waals surface area contributed by atoms with E-state index in [0.29, 0.717) is 29.1 Å². The monoisotopic (exact) mass is 424 g/mol. The van der Waals surface area contributed by atoms with Crippen molar-refractivity contribution >= 4 is 28.9 Å². The van der Waals surface area contributed by atoms with Gasteiger partial charge in [-0.3, -0.25) is 9.59 Å². The molecular formula is C23H21ClN2O4. The lowest BCUT2D eigenvalue weighted by molar-refractivity contribution is -0.118. The van der Waals surface area contributed by atoms with Crippen molar-refractivity contribution in [1.82, 2.24) is 0 Å². The molecule has 1 atom stereocenters. The van der Waals surface area contributed by atoms with Gasteiger partial charge in [-0.2, -0.15) is 0 Å². The van der Waals surface area contributed by atoms with Crippen LogP contribution in [0, 0.1) is 0 Å². The van der Waals surface area contributed by atoms with Gasteiger partial charge in [-0.15, -0.1) is 0 Å². The van der Waals surface area contributed by atoms with Gasteiger partial charge in [-0.1, -0.05) is 29.8 Å². The number of rotatable bonds is 6. The molecule has 1 amide bonds. The molecule has 1 aromatic heterocycles. The van der Waals surface area contributed by atoms with Crippen molar-refractivity contribution in [2.45, 2.75) is 25.9 Å². The molecule has 0 aliphatic carbocycles. The van der Waals surface area contributed by atoms with Crippen LogP contribution in [-0.4, -0.2) is 18.6 Å². The lowest BCUT2D eigenvalue weighted by atomic mass is 10.1. The Bertz CT molecular complexity index is 1110. The molecule has 4 rings (SSSR count). The number of nitrogens with one attached hydrogen (secondary N) is 1. The van der Waals surface area contributed by atoms with Crippen LogP contribution in [0.15, 0.2) is 70.1 Å². The first-order chi connectivity index (χ1) is 14.5. The standard InChI is InChI=1S/C23H21ClN2O4/c1-15-10-16-4-2-3-5-20(16)26(15)12-19-11-21(27)22(13-29-19)30-14-23(28)25-18-8-6-17(24)7-9-18/h2-9,11,13,15H,10,12,14H2,1H3,(H,25,28). The molecule has 3 aromatic rings. The Morgan fingerprint density at radius 2 is 2.00 bits per heavy atom. The van der Waals surface area contributed by atoms with E-state index in [0.717, 1.165) is 12.1 Å². The summed E-state index contributed by atoms with van der Waals surface area (Å²) in [6.07, 6.45) is 2.23. The maximum absolute atomic E-state index is 12.4. The van der Waals surface area contributed by atoms with Gasteiger partial charge in [0.05, 0.1) is 6.54 Å². The van der Waals surface area contributed by atoms with Gasteiger partial charge >= 0.3 is 0 Å². The summed E-state index contributed by atoms with van der Waals surface area (Å²) in [6.45, 7) is 2.34. The van der Waals surface area contributed by atoms with Crippen LogP contribution >= 0.6 is 11.6 Å². The number of amides is 1. The Morgan fingerprint density at radius 3 is 2.77 bits per heavy atom. The van der Waals surface area contributed by atoms with Crippen LogP contribution in [-0.2, 0) is 17.8 Å². The van der Waals surface area contributed by atoms with E-state index in [9.17, 15) is 9.59 Å². The quantitative estimate of drug-likeness (QED) is 0.640. The van der Waals surface area contributed by atoms with Crippen molar-refractivity contribution in [2.75, 3.05) is 16.8 Å². The summed E-state index contributed by atoms with van der Waals surface area (Å²) in [5.41, 5.74) is 2.72. The van der Waals surface area contributed by atoms with E-state index in [2.05, 4.69) is 29.3 Å². The third kappa shape index (κ3) is 4.49. The zero-order valence-electron chi connectivity index (χ0n) is 16.4. The van der Waals surface area contributed by atoms with Gasteiger partial charge in [0.15, 0.2) is 6.61 Å². The lowest BCUT2D eigenvalue weighted by Crippen LogP contribution is -2.29. The number of halogens is 1. The Morgan fingerprint density at radius 1 is 1.23 bits per heavy atom. The van der Waals surface area contributed by atoms with Crippen molar-refractivity contribution in [3.8, 4) is 5.75 Å². The summed E-state index contributed by atoms with van der Waals surface area (Å²) in [6, 6.07) is 16.7. The normalized spacial score (nSPS) is 15.0. The fraction of sp³-hybridized carbons (Fsp3) is 0.217. The number of ether oxygens (including phenoxy) is 1. The zero-order chi connectivity index (χ0) is 21.1. The number of carbonyl (C=O) groups is 1. The van der Waals surface area contributed by atoms with E-state index < -0.39 is 0 Å². The van der Waals surface area contributed by atoms with Crippen LogP contribution in [0.2, 0.25) is 5.02 Å². The number of hydrogen-bond acceptors (Lipinski definition) is 5. The molecule has 30 heavy (non-hydrogen) atoms. The molecule has 0 spiro atoms. The largest absolute Gasteiger partial charge is 0.477 e. The van der Waals surface area contributed by atoms with Gasteiger partial charge in [0.1, 0.15) is 12.0 Å². The molecule has 0 saturated carbocycles. The van der Waals surface area contributed by atoms with Crippen LogP contribution in [0.4, 0.5) is 11.4 Å². The summed E-state index contributed by atoms with van der Waals surface area (Å²) in [5.74, 6) is 0.157. The first-order valence-electron chi connectivity index (χ1n) is 9.64. The van der Waals surface area contributed by atoms with Crippen LogP contribution in [0.25, 0.3) is 0 Å². The predicted molar refractivity (Wildman–Crippen MR) is 116 cm³/mol. The van der Waals surface area contributed by atoms with E-state index in [-0.39, 0.29) is 23.7 Å². The minimum Gasteiger partial charge on any atom is -0.477 e. The first kappa shape index (κ1) is 20.0. The molecule has 1 aliphatic rings. The van der Waals surface area contributed by atoms with E-state index >= 15 is 0 Å². The van der Waals surface area contributed by atoms with Gasteiger partial charge in [0.25, 0.3) is 5.91 Å². The minimum absolute atomic E-state index is 0.000114. The molecule has 0 bridgehead atoms. The van der Waals surface area contributed by atoms with E-state index in [1.54, 1.807) is 24.3 Å². The maximum Gasteiger partial charge on any atom is 0.262 e. The molecule has 1 aliphatic heterocycles. The van der Waals surface area contributed by atoms with Crippen molar-refractivity contribution in [3.05, 3.63) is 87.4 Å². The van der Waals surface area contributed by atoms with E-state index in [1.165, 1.54) is 17.9 Å². The topological polar surface area (TPSA) is 71.8 Å². The Hall–Kier alpha value is -3.25. The van der Waals surface area contributed by atoms with E-state index in [1.807, 2.05) is 12.1 Å². The zero-order valence-corrected chi connectivity index (χ0v) is 17.2. The number of hydrogen-bond donors (Lipinski definition) is 1. The SMILES string of the molecule is CC1Cc2ccccc2N1Cc1cc(=O)c(OCC(=O)Nc2ccc(Cl)cc2)co1. The number of anilines is 2. The third-order valence-electron chi connectivity index (χ3n) is 5.01. The molecule has 2 heterocycles. The van der Waals surface area contributed by atoms with Gasteiger partial charge in [-0.05, 0) is 49.2 Å². The van der Waals surface area contributed by atoms with Gasteiger partial charge in [0.2, 0.25) is 11.2 Å². The van der Waals surface area contributed by atoms with Crippen LogP contribution in [0.3, 0.4) is 0 Å². The highest BCUT2D eigenvalue weighted by Crippen LogP contribution is 2.32. The number of nitrogens with zero attached hydrogens (tertiary/aromatic N) is 1. The first-order valence-corrected chi connectivity index (χ1v) is 10.0. The average Bonchev–Trinajstić information content (AvgIpc) is 3.04. The fourth-order valence-electron chi connectivity index (χ4n) is 3.54. The molecule has 1 unspecified atom stereocenters. The number of fused-ring (bicyclic) bond motifs is 1. The Labute approximate surface area is 179 Å². The molecule has 7 heteroatoms. The van der Waals surface area contributed by atoms with Crippen molar-refractivity contribution < 1.29 is 13.9 Å². The smallest absolute Gasteiger partial charge is 0.262 e. The molecule has 0 saturated heterocycles. The summed E-state index contributed by atoms with van der Waals surface area (Å²) in [5, 5.41) is 3.25. The summed E-state index contributed by atoms with van der Waals surface area (Å²) >= 11 is 5.82. The van der Waals surface area contributed by atoms with Crippen molar-refractivity contribution in [2.24, 2.45) is 0 Å². The molecule has 154 valence electrons. The maximum atomic E-state index is 12.4. The summed E-state index contributed by atoms with van der Waals surface area (Å²) in [4.78, 5) is 26.6. The van der Waals surface area contributed by atoms with Crippen molar-refractivity contribution in [3.63, 3.8) is 0 Å². The minimum atomic E-state index is -0.386. The van der Waals surface area contributed by atoms with Gasteiger partial charge in [0, 0.05) is 28.5 Å². The summed E-state index contributed by atoms with van der Waals surface area (Å²) < 4.78 is 11.0. The molecule has 6 nitrogen and oxygen atoms in total. The third-order valence-corrected chi connectivity index (χ3v) is 5.27.